The Bertz CT molecular complexity index is 911. The number of aromatic hydroxyl groups is 1. The van der Waals surface area contributed by atoms with E-state index in [0.29, 0.717) is 6.54 Å². The lowest BCUT2D eigenvalue weighted by Gasteiger charge is -2.41. The van der Waals surface area contributed by atoms with Gasteiger partial charge in [-0.05, 0) is 30.5 Å². The lowest BCUT2D eigenvalue weighted by atomic mass is 9.86. The number of carbonyl (C=O) groups excluding carboxylic acids is 1. The summed E-state index contributed by atoms with van der Waals surface area (Å²) in [6.45, 7) is 2.53. The second-order valence-corrected chi connectivity index (χ2v) is 6.69. The van der Waals surface area contributed by atoms with Crippen LogP contribution in [-0.2, 0) is 0 Å². The van der Waals surface area contributed by atoms with E-state index in [1.165, 1.54) is 16.8 Å². The number of carbonyl (C=O) groups is 1. The van der Waals surface area contributed by atoms with Crippen LogP contribution in [-0.4, -0.2) is 38.3 Å². The van der Waals surface area contributed by atoms with E-state index in [9.17, 15) is 19.1 Å². The van der Waals surface area contributed by atoms with Crippen molar-refractivity contribution in [2.45, 2.75) is 37.8 Å². The molecule has 130 valence electrons. The van der Waals surface area contributed by atoms with Crippen LogP contribution in [0.4, 0.5) is 4.39 Å². The van der Waals surface area contributed by atoms with E-state index in [4.69, 9.17) is 0 Å². The molecule has 3 heterocycles. The molecule has 0 saturated carbocycles. The Balaban J connectivity index is 1.89. The molecule has 6 nitrogen and oxygen atoms in total. The van der Waals surface area contributed by atoms with Gasteiger partial charge in [-0.2, -0.15) is 5.10 Å². The van der Waals surface area contributed by atoms with Gasteiger partial charge in [0.2, 0.25) is 5.43 Å². The Hall–Kier alpha value is -2.70. The molecule has 25 heavy (non-hydrogen) atoms. The fourth-order valence-corrected chi connectivity index (χ4v) is 4.11. The van der Waals surface area contributed by atoms with Gasteiger partial charge in [-0.3, -0.25) is 14.3 Å². The van der Waals surface area contributed by atoms with E-state index in [1.807, 2.05) is 13.0 Å². The number of hydrogen-bond acceptors (Lipinski definition) is 4. The number of aromatic nitrogens is 2. The fourth-order valence-electron chi connectivity index (χ4n) is 4.11. The molecule has 0 unspecified atom stereocenters. The summed E-state index contributed by atoms with van der Waals surface area (Å²) in [5.41, 5.74) is 0.0467. The summed E-state index contributed by atoms with van der Waals surface area (Å²) in [5.74, 6) is -1.41. The van der Waals surface area contributed by atoms with E-state index in [2.05, 4.69) is 5.10 Å². The van der Waals surface area contributed by atoms with Crippen molar-refractivity contribution >= 4 is 5.91 Å². The van der Waals surface area contributed by atoms with Crippen molar-refractivity contribution in [1.29, 1.82) is 0 Å². The quantitative estimate of drug-likeness (QED) is 0.906. The normalized spacial score (nSPS) is 23.3. The maximum Gasteiger partial charge on any atom is 0.276 e. The summed E-state index contributed by atoms with van der Waals surface area (Å²) in [7, 11) is 0. The van der Waals surface area contributed by atoms with Crippen LogP contribution < -0.4 is 5.43 Å². The molecule has 0 radical (unpaired) electrons. The van der Waals surface area contributed by atoms with Gasteiger partial charge in [-0.1, -0.05) is 19.1 Å². The van der Waals surface area contributed by atoms with Gasteiger partial charge in [0.05, 0.1) is 18.3 Å². The van der Waals surface area contributed by atoms with Gasteiger partial charge < -0.3 is 10.0 Å². The number of fused-ring (bicyclic) bond motifs is 2. The second-order valence-electron chi connectivity index (χ2n) is 6.69. The summed E-state index contributed by atoms with van der Waals surface area (Å²) in [6.07, 6.45) is 2.69. The summed E-state index contributed by atoms with van der Waals surface area (Å²) >= 11 is 0. The maximum absolute atomic E-state index is 13.7. The Labute approximate surface area is 143 Å². The number of amides is 1. The molecule has 1 saturated heterocycles. The Morgan fingerprint density at radius 1 is 1.36 bits per heavy atom. The molecule has 0 bridgehead atoms. The van der Waals surface area contributed by atoms with E-state index >= 15 is 0 Å². The molecule has 1 fully saturated rings. The fraction of sp³-hybridized carbons (Fsp3) is 0.389. The van der Waals surface area contributed by atoms with Gasteiger partial charge >= 0.3 is 0 Å². The molecule has 1 aromatic carbocycles. The van der Waals surface area contributed by atoms with Crippen molar-refractivity contribution in [3.8, 4) is 5.75 Å². The van der Waals surface area contributed by atoms with Gasteiger partial charge in [-0.25, -0.2) is 4.39 Å². The first-order valence-corrected chi connectivity index (χ1v) is 8.36. The number of rotatable bonds is 2. The van der Waals surface area contributed by atoms with Crippen LogP contribution in [0.5, 0.6) is 5.75 Å². The highest BCUT2D eigenvalue weighted by atomic mass is 19.1. The predicted molar refractivity (Wildman–Crippen MR) is 88.1 cm³/mol. The van der Waals surface area contributed by atoms with Crippen molar-refractivity contribution in [3.63, 3.8) is 0 Å². The first kappa shape index (κ1) is 15.8. The Kier molecular flexibility index (Phi) is 3.59. The highest BCUT2D eigenvalue weighted by Crippen LogP contribution is 2.42. The zero-order valence-corrected chi connectivity index (χ0v) is 13.7. The first-order valence-electron chi connectivity index (χ1n) is 8.36. The number of hydrogen-bond donors (Lipinski definition) is 1. The third-order valence-electron chi connectivity index (χ3n) is 5.31. The number of benzene rings is 1. The Morgan fingerprint density at radius 3 is 2.92 bits per heavy atom. The molecule has 1 N–H and O–H groups in total. The average molecular weight is 343 g/mol. The lowest BCUT2D eigenvalue weighted by Crippen LogP contribution is -2.50. The van der Waals surface area contributed by atoms with Crippen LogP contribution in [0.1, 0.15) is 47.8 Å². The van der Waals surface area contributed by atoms with Crippen LogP contribution in [0.25, 0.3) is 0 Å². The highest BCUT2D eigenvalue weighted by molar-refractivity contribution is 5.96. The molecule has 1 amide bonds. The van der Waals surface area contributed by atoms with Crippen LogP contribution in [0, 0.1) is 5.82 Å². The third-order valence-corrected chi connectivity index (χ3v) is 5.31. The molecule has 1 aromatic heterocycles. The zero-order valence-electron chi connectivity index (χ0n) is 13.7. The van der Waals surface area contributed by atoms with E-state index < -0.39 is 11.2 Å². The van der Waals surface area contributed by atoms with Gasteiger partial charge in [0.25, 0.3) is 5.91 Å². The summed E-state index contributed by atoms with van der Waals surface area (Å²) < 4.78 is 15.1. The zero-order chi connectivity index (χ0) is 17.7. The summed E-state index contributed by atoms with van der Waals surface area (Å²) in [6, 6.07) is 5.99. The number of nitrogens with zero attached hydrogens (tertiary/aromatic N) is 3. The molecule has 4 rings (SSSR count). The number of halogens is 1. The van der Waals surface area contributed by atoms with E-state index in [1.54, 1.807) is 11.0 Å². The monoisotopic (exact) mass is 343 g/mol. The van der Waals surface area contributed by atoms with Crippen molar-refractivity contribution < 1.29 is 14.3 Å². The summed E-state index contributed by atoms with van der Waals surface area (Å²) in [4.78, 5) is 26.2. The van der Waals surface area contributed by atoms with Crippen LogP contribution in [0.15, 0.2) is 35.3 Å². The molecule has 0 aliphatic carbocycles. The molecule has 2 aliphatic heterocycles. The second kappa shape index (κ2) is 5.68. The minimum atomic E-state index is -0.672. The highest BCUT2D eigenvalue weighted by Gasteiger charge is 2.46. The van der Waals surface area contributed by atoms with Gasteiger partial charge in [0.15, 0.2) is 11.4 Å². The minimum absolute atomic E-state index is 0.0705. The molecular weight excluding hydrogens is 325 g/mol. The predicted octanol–water partition coefficient (Wildman–Crippen LogP) is 2.05. The van der Waals surface area contributed by atoms with Gasteiger partial charge in [0, 0.05) is 12.5 Å². The van der Waals surface area contributed by atoms with Crippen molar-refractivity contribution in [1.82, 2.24) is 14.7 Å². The molecule has 0 spiro atoms. The van der Waals surface area contributed by atoms with Gasteiger partial charge in [0.1, 0.15) is 5.82 Å². The molecular formula is C18H18FN3O3. The summed E-state index contributed by atoms with van der Waals surface area (Å²) in [5, 5.41) is 14.3. The molecule has 3 atom stereocenters. The van der Waals surface area contributed by atoms with Gasteiger partial charge in [-0.15, -0.1) is 0 Å². The standard InChI is InChI=1S/C18H18FN3O3/c1-10(11-4-2-5-12(19)8-11)15-13-6-3-7-21(13)18(25)16-17(24)14(23)9-20-22(15)16/h2,4-5,8-10,13,15,24H,3,6-7H2,1H3/t10-,13-,15+/m1/s1. The molecule has 7 heteroatoms. The molecule has 2 aliphatic rings. The maximum atomic E-state index is 13.7. The van der Waals surface area contributed by atoms with Crippen LogP contribution in [0.2, 0.25) is 0 Å². The molecule has 2 aromatic rings. The Morgan fingerprint density at radius 2 is 2.16 bits per heavy atom. The van der Waals surface area contributed by atoms with Crippen LogP contribution >= 0.6 is 0 Å². The van der Waals surface area contributed by atoms with Crippen molar-refractivity contribution in [2.24, 2.45) is 0 Å². The first-order chi connectivity index (χ1) is 12.0. The topological polar surface area (TPSA) is 75.4 Å². The van der Waals surface area contributed by atoms with Crippen molar-refractivity contribution in [2.75, 3.05) is 6.54 Å². The average Bonchev–Trinajstić information content (AvgIpc) is 3.07. The minimum Gasteiger partial charge on any atom is -0.502 e. The largest absolute Gasteiger partial charge is 0.502 e. The van der Waals surface area contributed by atoms with Crippen LogP contribution in [0.3, 0.4) is 0 Å². The SMILES string of the molecule is C[C@H](c1cccc(F)c1)[C@H]1[C@H]2CCCN2C(=O)c2c(O)c(=O)cnn21. The smallest absolute Gasteiger partial charge is 0.276 e. The third kappa shape index (κ3) is 2.33. The lowest BCUT2D eigenvalue weighted by molar-refractivity contribution is 0.0558. The van der Waals surface area contributed by atoms with Crippen molar-refractivity contribution in [3.05, 3.63) is 57.8 Å². The van der Waals surface area contributed by atoms with E-state index in [0.717, 1.165) is 24.6 Å². The van der Waals surface area contributed by atoms with E-state index in [-0.39, 0.29) is 35.4 Å².